The number of alkyl halides is 3. The molecule has 0 spiro atoms. The predicted molar refractivity (Wildman–Crippen MR) is 56.9 cm³/mol. The van der Waals surface area contributed by atoms with Crippen LogP contribution in [-0.2, 0) is 9.47 Å². The molecule has 8 heteroatoms. The van der Waals surface area contributed by atoms with Gasteiger partial charge in [0.2, 0.25) is 0 Å². The first-order valence-corrected chi connectivity index (χ1v) is 5.34. The smallest absolute Gasteiger partial charge is 0.444 e. The molecule has 0 aliphatic heterocycles. The van der Waals surface area contributed by atoms with Crippen molar-refractivity contribution in [3.63, 3.8) is 0 Å². The van der Waals surface area contributed by atoms with Gasteiger partial charge in [0.1, 0.15) is 5.60 Å². The fourth-order valence-corrected chi connectivity index (χ4v) is 1.00. The maximum absolute atomic E-state index is 11.7. The molecule has 0 fully saturated rings. The lowest BCUT2D eigenvalue weighted by molar-refractivity contribution is -0.325. The third-order valence-corrected chi connectivity index (χ3v) is 1.67. The van der Waals surface area contributed by atoms with Gasteiger partial charge in [-0.1, -0.05) is 0 Å². The van der Waals surface area contributed by atoms with Crippen molar-refractivity contribution in [2.45, 2.75) is 45.2 Å². The summed E-state index contributed by atoms with van der Waals surface area (Å²) in [6, 6.07) is -0.845. The van der Waals surface area contributed by atoms with E-state index in [1.54, 1.807) is 20.8 Å². The first-order chi connectivity index (χ1) is 8.03. The molecule has 0 heterocycles. The van der Waals surface area contributed by atoms with Crippen LogP contribution in [0, 0.1) is 0 Å². The minimum absolute atomic E-state index is 0.171. The van der Waals surface area contributed by atoms with Crippen LogP contribution in [0.3, 0.4) is 0 Å². The first kappa shape index (κ1) is 17.0. The normalized spacial score (nSPS) is 14.2. The Morgan fingerprint density at radius 2 is 1.89 bits per heavy atom. The molecule has 0 aromatic carbocycles. The lowest BCUT2D eigenvalue weighted by Gasteiger charge is -2.22. The van der Waals surface area contributed by atoms with Gasteiger partial charge in [-0.3, -0.25) is 4.74 Å². The largest absolute Gasteiger partial charge is 0.522 e. The SMILES string of the molecule is CC(C)(C)OC(=O)N[C@H](CO)CCOC(F)(F)F. The summed E-state index contributed by atoms with van der Waals surface area (Å²) in [5.74, 6) is 0. The zero-order chi connectivity index (χ0) is 14.4. The minimum atomic E-state index is -4.72. The Morgan fingerprint density at radius 3 is 2.28 bits per heavy atom. The number of aliphatic hydroxyl groups is 1. The van der Waals surface area contributed by atoms with E-state index in [0.29, 0.717) is 0 Å². The van der Waals surface area contributed by atoms with E-state index < -0.39 is 37.3 Å². The molecule has 0 aliphatic carbocycles. The fraction of sp³-hybridized carbons (Fsp3) is 0.900. The molecule has 0 aromatic rings. The van der Waals surface area contributed by atoms with Crippen LogP contribution in [0.15, 0.2) is 0 Å². The Balaban J connectivity index is 4.00. The van der Waals surface area contributed by atoms with E-state index >= 15 is 0 Å². The molecule has 0 unspecified atom stereocenters. The van der Waals surface area contributed by atoms with Crippen LogP contribution >= 0.6 is 0 Å². The van der Waals surface area contributed by atoms with Gasteiger partial charge in [-0.25, -0.2) is 4.79 Å². The van der Waals surface area contributed by atoms with Crippen molar-refractivity contribution in [3.8, 4) is 0 Å². The molecule has 0 radical (unpaired) electrons. The summed E-state index contributed by atoms with van der Waals surface area (Å²) < 4.78 is 43.5. The molecular weight excluding hydrogens is 255 g/mol. The highest BCUT2D eigenvalue weighted by Gasteiger charge is 2.29. The van der Waals surface area contributed by atoms with Crippen molar-refractivity contribution in [1.82, 2.24) is 5.32 Å². The Morgan fingerprint density at radius 1 is 1.33 bits per heavy atom. The monoisotopic (exact) mass is 273 g/mol. The van der Waals surface area contributed by atoms with Gasteiger partial charge in [0.25, 0.3) is 0 Å². The van der Waals surface area contributed by atoms with Gasteiger partial charge in [-0.05, 0) is 27.2 Å². The lowest BCUT2D eigenvalue weighted by atomic mass is 10.2. The maximum Gasteiger partial charge on any atom is 0.522 e. The van der Waals surface area contributed by atoms with Crippen molar-refractivity contribution in [2.75, 3.05) is 13.2 Å². The summed E-state index contributed by atoms with van der Waals surface area (Å²) in [7, 11) is 0. The predicted octanol–water partition coefficient (Wildman–Crippen LogP) is 1.80. The second-order valence-corrected chi connectivity index (χ2v) is 4.61. The highest BCUT2D eigenvalue weighted by molar-refractivity contribution is 5.68. The molecule has 0 aromatic heterocycles. The van der Waals surface area contributed by atoms with E-state index in [-0.39, 0.29) is 6.42 Å². The fourth-order valence-electron chi connectivity index (χ4n) is 1.00. The average molecular weight is 273 g/mol. The summed E-state index contributed by atoms with van der Waals surface area (Å²) in [6.45, 7) is 3.79. The van der Waals surface area contributed by atoms with Crippen LogP contribution in [-0.4, -0.2) is 42.4 Å². The molecule has 0 aliphatic rings. The molecule has 0 rings (SSSR count). The number of hydrogen-bond acceptors (Lipinski definition) is 4. The van der Waals surface area contributed by atoms with Crippen molar-refractivity contribution >= 4 is 6.09 Å². The molecule has 18 heavy (non-hydrogen) atoms. The van der Waals surface area contributed by atoms with E-state index in [9.17, 15) is 18.0 Å². The summed E-state index contributed by atoms with van der Waals surface area (Å²) in [5, 5.41) is 11.1. The topological polar surface area (TPSA) is 67.8 Å². The van der Waals surface area contributed by atoms with Crippen molar-refractivity contribution in [2.24, 2.45) is 0 Å². The van der Waals surface area contributed by atoms with Gasteiger partial charge in [-0.2, -0.15) is 0 Å². The molecule has 1 atom stereocenters. The minimum Gasteiger partial charge on any atom is -0.444 e. The zero-order valence-electron chi connectivity index (χ0n) is 10.5. The third-order valence-electron chi connectivity index (χ3n) is 1.67. The lowest BCUT2D eigenvalue weighted by Crippen LogP contribution is -2.41. The van der Waals surface area contributed by atoms with Crippen molar-refractivity contribution in [3.05, 3.63) is 0 Å². The Kier molecular flexibility index (Phi) is 6.41. The molecule has 2 N–H and O–H groups in total. The van der Waals surface area contributed by atoms with Gasteiger partial charge in [0.15, 0.2) is 0 Å². The molecular formula is C10H18F3NO4. The van der Waals surface area contributed by atoms with E-state index in [0.717, 1.165) is 0 Å². The number of rotatable bonds is 5. The quantitative estimate of drug-likeness (QED) is 0.801. The van der Waals surface area contributed by atoms with Gasteiger partial charge >= 0.3 is 12.5 Å². The number of ether oxygens (including phenoxy) is 2. The standard InChI is InChI=1S/C10H18F3NO4/c1-9(2,3)18-8(16)14-7(6-15)4-5-17-10(11,12)13/h7,15H,4-6H2,1-3H3,(H,14,16)/t7-/m0/s1. The first-order valence-electron chi connectivity index (χ1n) is 5.34. The number of carbonyl (C=O) groups excluding carboxylic acids is 1. The summed E-state index contributed by atoms with van der Waals surface area (Å²) >= 11 is 0. The summed E-state index contributed by atoms with van der Waals surface area (Å²) in [4.78, 5) is 11.3. The van der Waals surface area contributed by atoms with Crippen LogP contribution in [0.25, 0.3) is 0 Å². The summed E-state index contributed by atoms with van der Waals surface area (Å²) in [6.07, 6.45) is -5.69. The molecule has 108 valence electrons. The van der Waals surface area contributed by atoms with Gasteiger partial charge in [-0.15, -0.1) is 13.2 Å². The summed E-state index contributed by atoms with van der Waals surface area (Å²) in [5.41, 5.74) is -0.716. The number of hydrogen-bond donors (Lipinski definition) is 2. The second kappa shape index (κ2) is 6.79. The molecule has 0 bridgehead atoms. The van der Waals surface area contributed by atoms with Gasteiger partial charge < -0.3 is 15.2 Å². The number of nitrogens with one attached hydrogen (secondary N) is 1. The number of alkyl carbamates (subject to hydrolysis) is 1. The third kappa shape index (κ3) is 10.2. The van der Waals surface area contributed by atoms with Crippen LogP contribution in [0.2, 0.25) is 0 Å². The number of aliphatic hydroxyl groups excluding tert-OH is 1. The zero-order valence-corrected chi connectivity index (χ0v) is 10.5. The maximum atomic E-state index is 11.7. The average Bonchev–Trinajstić information content (AvgIpc) is 2.11. The Labute approximate surface area is 103 Å². The second-order valence-electron chi connectivity index (χ2n) is 4.61. The highest BCUT2D eigenvalue weighted by atomic mass is 19.4. The Hall–Kier alpha value is -1.02. The molecule has 1 amide bonds. The van der Waals surface area contributed by atoms with Crippen molar-refractivity contribution in [1.29, 1.82) is 0 Å². The van der Waals surface area contributed by atoms with E-state index in [4.69, 9.17) is 9.84 Å². The molecule has 0 saturated carbocycles. The molecule has 5 nitrogen and oxygen atoms in total. The van der Waals surface area contributed by atoms with Crippen molar-refractivity contribution < 1.29 is 32.5 Å². The van der Waals surface area contributed by atoms with E-state index in [2.05, 4.69) is 10.1 Å². The van der Waals surface area contributed by atoms with E-state index in [1.807, 2.05) is 0 Å². The molecule has 0 saturated heterocycles. The van der Waals surface area contributed by atoms with Crippen LogP contribution in [0.4, 0.5) is 18.0 Å². The van der Waals surface area contributed by atoms with Crippen LogP contribution in [0.5, 0.6) is 0 Å². The number of carbonyl (C=O) groups is 1. The van der Waals surface area contributed by atoms with Gasteiger partial charge in [0.05, 0.1) is 19.3 Å². The number of amides is 1. The van der Waals surface area contributed by atoms with Crippen LogP contribution in [0.1, 0.15) is 27.2 Å². The highest BCUT2D eigenvalue weighted by Crippen LogP contribution is 2.16. The van der Waals surface area contributed by atoms with Crippen LogP contribution < -0.4 is 5.32 Å². The van der Waals surface area contributed by atoms with E-state index in [1.165, 1.54) is 0 Å². The number of halogens is 3. The van der Waals surface area contributed by atoms with Gasteiger partial charge in [0, 0.05) is 0 Å². The Bertz CT molecular complexity index is 263.